The molecule has 0 aliphatic heterocycles. The average molecular weight is 364 g/mol. The summed E-state index contributed by atoms with van der Waals surface area (Å²) >= 11 is 6.39. The van der Waals surface area contributed by atoms with E-state index < -0.39 is 0 Å². The SMILES string of the molecule is Brc1cnnc(Br)c1.COc1cn[nH]c(=O)c1. The van der Waals surface area contributed by atoms with Crippen LogP contribution in [0.3, 0.4) is 0 Å². The number of ether oxygens (including phenoxy) is 1. The van der Waals surface area contributed by atoms with E-state index in [1.165, 1.54) is 19.4 Å². The van der Waals surface area contributed by atoms with Crippen LogP contribution in [0.1, 0.15) is 0 Å². The van der Waals surface area contributed by atoms with Crippen LogP contribution < -0.4 is 10.3 Å². The van der Waals surface area contributed by atoms with Gasteiger partial charge in [0.1, 0.15) is 10.4 Å². The Kier molecular flexibility index (Phi) is 5.78. The number of aromatic amines is 1. The topological polar surface area (TPSA) is 80.8 Å². The molecule has 90 valence electrons. The average Bonchev–Trinajstić information content (AvgIpc) is 2.29. The lowest BCUT2D eigenvalue weighted by Crippen LogP contribution is -2.05. The molecule has 6 nitrogen and oxygen atoms in total. The summed E-state index contributed by atoms with van der Waals surface area (Å²) in [6, 6.07) is 3.15. The van der Waals surface area contributed by atoms with E-state index in [9.17, 15) is 4.79 Å². The molecule has 2 rings (SSSR count). The number of halogens is 2. The highest BCUT2D eigenvalue weighted by Crippen LogP contribution is 2.10. The van der Waals surface area contributed by atoms with Gasteiger partial charge in [-0.05, 0) is 37.9 Å². The molecule has 0 saturated carbocycles. The van der Waals surface area contributed by atoms with E-state index in [2.05, 4.69) is 52.3 Å². The van der Waals surface area contributed by atoms with E-state index in [1.807, 2.05) is 6.07 Å². The summed E-state index contributed by atoms with van der Waals surface area (Å²) in [5, 5.41) is 13.0. The number of nitrogens with zero attached hydrogens (tertiary/aromatic N) is 3. The minimum absolute atomic E-state index is 0.255. The third kappa shape index (κ3) is 5.55. The molecule has 0 fully saturated rings. The van der Waals surface area contributed by atoms with Crippen LogP contribution in [0.4, 0.5) is 0 Å². The largest absolute Gasteiger partial charge is 0.495 e. The Morgan fingerprint density at radius 1 is 1.29 bits per heavy atom. The van der Waals surface area contributed by atoms with Gasteiger partial charge in [0.05, 0.1) is 19.5 Å². The molecule has 0 spiro atoms. The van der Waals surface area contributed by atoms with E-state index in [0.29, 0.717) is 5.75 Å². The van der Waals surface area contributed by atoms with Crippen LogP contribution in [-0.2, 0) is 0 Å². The highest BCUT2D eigenvalue weighted by Gasteiger charge is 1.88. The molecular formula is C9H8Br2N4O2. The summed E-state index contributed by atoms with van der Waals surface area (Å²) in [6.07, 6.45) is 3.06. The first kappa shape index (κ1) is 13.8. The standard InChI is InChI=1S/C5H6N2O2.C4H2Br2N2/c1-9-4-2-5(8)7-6-3-4;5-3-1-4(6)8-7-2-3/h2-3H,1H3,(H,7,8);1-2H. The highest BCUT2D eigenvalue weighted by atomic mass is 79.9. The molecule has 2 heterocycles. The van der Waals surface area contributed by atoms with Gasteiger partial charge in [0.2, 0.25) is 0 Å². The number of aromatic nitrogens is 4. The van der Waals surface area contributed by atoms with Crippen molar-refractivity contribution in [3.05, 3.63) is 44.0 Å². The third-order valence-electron chi connectivity index (χ3n) is 1.47. The van der Waals surface area contributed by atoms with Crippen LogP contribution in [-0.4, -0.2) is 27.5 Å². The van der Waals surface area contributed by atoms with Crippen LogP contribution in [0, 0.1) is 0 Å². The molecule has 0 amide bonds. The van der Waals surface area contributed by atoms with Crippen molar-refractivity contribution < 1.29 is 4.74 Å². The molecule has 0 atom stereocenters. The summed E-state index contributed by atoms with van der Waals surface area (Å²) in [6.45, 7) is 0. The molecule has 0 aliphatic rings. The maximum atomic E-state index is 10.5. The number of hydrogen-bond acceptors (Lipinski definition) is 5. The zero-order valence-electron chi connectivity index (χ0n) is 8.72. The highest BCUT2D eigenvalue weighted by molar-refractivity contribution is 9.11. The smallest absolute Gasteiger partial charge is 0.267 e. The van der Waals surface area contributed by atoms with Gasteiger partial charge >= 0.3 is 0 Å². The molecule has 1 N–H and O–H groups in total. The third-order valence-corrected chi connectivity index (χ3v) is 2.29. The monoisotopic (exact) mass is 362 g/mol. The van der Waals surface area contributed by atoms with Crippen molar-refractivity contribution in [1.29, 1.82) is 0 Å². The quantitative estimate of drug-likeness (QED) is 0.835. The molecule has 0 saturated heterocycles. The van der Waals surface area contributed by atoms with Gasteiger partial charge in [-0.3, -0.25) is 4.79 Å². The number of methoxy groups -OCH3 is 1. The lowest BCUT2D eigenvalue weighted by Gasteiger charge is -1.92. The lowest BCUT2D eigenvalue weighted by atomic mass is 10.5. The minimum atomic E-state index is -0.255. The van der Waals surface area contributed by atoms with Gasteiger partial charge in [0.15, 0.2) is 0 Å². The van der Waals surface area contributed by atoms with Crippen molar-refractivity contribution >= 4 is 31.9 Å². The lowest BCUT2D eigenvalue weighted by molar-refractivity contribution is 0.411. The fourth-order valence-electron chi connectivity index (χ4n) is 0.789. The van der Waals surface area contributed by atoms with Crippen molar-refractivity contribution in [3.63, 3.8) is 0 Å². The van der Waals surface area contributed by atoms with Crippen LogP contribution in [0.2, 0.25) is 0 Å². The van der Waals surface area contributed by atoms with Crippen molar-refractivity contribution in [1.82, 2.24) is 20.4 Å². The fourth-order valence-corrected chi connectivity index (χ4v) is 1.74. The molecule has 2 aromatic rings. The second-order valence-corrected chi connectivity index (χ2v) is 4.41. The molecule has 0 bridgehead atoms. The Labute approximate surface area is 114 Å². The van der Waals surface area contributed by atoms with Gasteiger partial charge in [-0.25, -0.2) is 5.10 Å². The second kappa shape index (κ2) is 7.13. The zero-order chi connectivity index (χ0) is 12.7. The van der Waals surface area contributed by atoms with Crippen molar-refractivity contribution in [3.8, 4) is 5.75 Å². The number of rotatable bonds is 1. The van der Waals surface area contributed by atoms with Crippen LogP contribution in [0.25, 0.3) is 0 Å². The first-order chi connectivity index (χ1) is 8.11. The summed E-state index contributed by atoms with van der Waals surface area (Å²) < 4.78 is 6.38. The van der Waals surface area contributed by atoms with E-state index in [-0.39, 0.29) is 5.56 Å². The van der Waals surface area contributed by atoms with E-state index in [1.54, 1.807) is 6.20 Å². The van der Waals surface area contributed by atoms with Gasteiger partial charge in [-0.1, -0.05) is 0 Å². The van der Waals surface area contributed by atoms with E-state index in [4.69, 9.17) is 4.74 Å². The van der Waals surface area contributed by atoms with Gasteiger partial charge in [-0.2, -0.15) is 10.2 Å². The normalized spacial score (nSPS) is 9.12. The second-order valence-electron chi connectivity index (χ2n) is 2.68. The minimum Gasteiger partial charge on any atom is -0.495 e. The van der Waals surface area contributed by atoms with Crippen LogP contribution in [0.15, 0.2) is 38.4 Å². The zero-order valence-corrected chi connectivity index (χ0v) is 11.9. The van der Waals surface area contributed by atoms with Crippen LogP contribution >= 0.6 is 31.9 Å². The van der Waals surface area contributed by atoms with Crippen molar-refractivity contribution in [2.45, 2.75) is 0 Å². The fraction of sp³-hybridized carbons (Fsp3) is 0.111. The summed E-state index contributed by atoms with van der Waals surface area (Å²) in [5.74, 6) is 0.471. The molecule has 17 heavy (non-hydrogen) atoms. The Morgan fingerprint density at radius 3 is 2.47 bits per heavy atom. The first-order valence-electron chi connectivity index (χ1n) is 4.34. The summed E-state index contributed by atoms with van der Waals surface area (Å²) in [7, 11) is 1.48. The van der Waals surface area contributed by atoms with Gasteiger partial charge in [0, 0.05) is 10.5 Å². The van der Waals surface area contributed by atoms with Crippen molar-refractivity contribution in [2.24, 2.45) is 0 Å². The molecule has 0 unspecified atom stereocenters. The Morgan fingerprint density at radius 2 is 2.06 bits per heavy atom. The summed E-state index contributed by atoms with van der Waals surface area (Å²) in [4.78, 5) is 10.5. The van der Waals surface area contributed by atoms with E-state index in [0.717, 1.165) is 9.08 Å². The number of H-pyrrole nitrogens is 1. The Balaban J connectivity index is 0.000000171. The maximum Gasteiger partial charge on any atom is 0.267 e. The predicted molar refractivity (Wildman–Crippen MR) is 68.8 cm³/mol. The van der Waals surface area contributed by atoms with E-state index >= 15 is 0 Å². The number of hydrogen-bond donors (Lipinski definition) is 1. The molecule has 0 radical (unpaired) electrons. The molecular weight excluding hydrogens is 356 g/mol. The molecule has 2 aromatic heterocycles. The Bertz CT molecular complexity index is 515. The maximum absolute atomic E-state index is 10.5. The first-order valence-corrected chi connectivity index (χ1v) is 5.93. The molecule has 8 heteroatoms. The van der Waals surface area contributed by atoms with Gasteiger partial charge in [0.25, 0.3) is 5.56 Å². The molecule has 0 aromatic carbocycles. The Hall–Kier alpha value is -1.28. The van der Waals surface area contributed by atoms with Gasteiger partial charge in [-0.15, -0.1) is 5.10 Å². The van der Waals surface area contributed by atoms with Gasteiger partial charge < -0.3 is 4.74 Å². The number of nitrogens with one attached hydrogen (secondary N) is 1. The summed E-state index contributed by atoms with van der Waals surface area (Å²) in [5.41, 5.74) is -0.255. The predicted octanol–water partition coefficient (Wildman–Crippen LogP) is 1.78. The van der Waals surface area contributed by atoms with Crippen molar-refractivity contribution in [2.75, 3.05) is 7.11 Å². The molecule has 0 aliphatic carbocycles. The van der Waals surface area contributed by atoms with Crippen LogP contribution in [0.5, 0.6) is 5.75 Å².